The van der Waals surface area contributed by atoms with Crippen molar-refractivity contribution in [2.75, 3.05) is 25.0 Å². The molecule has 1 saturated carbocycles. The van der Waals surface area contributed by atoms with Crippen molar-refractivity contribution in [1.82, 2.24) is 4.90 Å². The third-order valence-electron chi connectivity index (χ3n) is 5.63. The summed E-state index contributed by atoms with van der Waals surface area (Å²) in [5, 5.41) is 2.88. The molecule has 0 unspecified atom stereocenters. The summed E-state index contributed by atoms with van der Waals surface area (Å²) in [5.74, 6) is 0.788. The molecule has 158 valence electrons. The molecule has 1 aliphatic heterocycles. The largest absolute Gasteiger partial charge is 0.494 e. The van der Waals surface area contributed by atoms with Gasteiger partial charge in [0, 0.05) is 17.8 Å². The summed E-state index contributed by atoms with van der Waals surface area (Å²) in [6.07, 6.45) is 10.1. The molecule has 0 bridgehead atoms. The Hall–Kier alpha value is -1.46. The van der Waals surface area contributed by atoms with Gasteiger partial charge in [-0.1, -0.05) is 32.3 Å². The minimum atomic E-state index is -0.353. The second-order valence-electron chi connectivity index (χ2n) is 7.75. The summed E-state index contributed by atoms with van der Waals surface area (Å²) in [6.45, 7) is 5.17. The normalized spacial score (nSPS) is 22.3. The van der Waals surface area contributed by atoms with Crippen LogP contribution < -0.4 is 10.1 Å². The minimum absolute atomic E-state index is 0. The van der Waals surface area contributed by atoms with E-state index in [0.717, 1.165) is 50.2 Å². The van der Waals surface area contributed by atoms with Gasteiger partial charge in [-0.3, -0.25) is 10.2 Å². The van der Waals surface area contributed by atoms with Crippen LogP contribution >= 0.6 is 12.4 Å². The summed E-state index contributed by atoms with van der Waals surface area (Å²) in [5.41, 5.74) is 0.724. The quantitative estimate of drug-likeness (QED) is 0.564. The summed E-state index contributed by atoms with van der Waals surface area (Å²) >= 11 is 0. The van der Waals surface area contributed by atoms with Crippen molar-refractivity contribution in [2.24, 2.45) is 0 Å². The van der Waals surface area contributed by atoms with E-state index in [1.165, 1.54) is 32.1 Å². The Labute approximate surface area is 175 Å². The van der Waals surface area contributed by atoms with Gasteiger partial charge in [-0.2, -0.15) is 0 Å². The van der Waals surface area contributed by atoms with Crippen LogP contribution in [0.3, 0.4) is 0 Å². The smallest absolute Gasteiger partial charge is 0.411 e. The fourth-order valence-corrected chi connectivity index (χ4v) is 4.20. The van der Waals surface area contributed by atoms with Crippen molar-refractivity contribution < 1.29 is 14.3 Å². The molecule has 1 N–H and O–H groups in total. The van der Waals surface area contributed by atoms with Crippen molar-refractivity contribution >= 4 is 24.2 Å². The molecule has 1 aliphatic carbocycles. The predicted octanol–water partition coefficient (Wildman–Crippen LogP) is 5.63. The van der Waals surface area contributed by atoms with Gasteiger partial charge >= 0.3 is 6.09 Å². The van der Waals surface area contributed by atoms with E-state index < -0.39 is 0 Å². The summed E-state index contributed by atoms with van der Waals surface area (Å²) in [4.78, 5) is 15.0. The van der Waals surface area contributed by atoms with Crippen LogP contribution in [0.5, 0.6) is 5.75 Å². The van der Waals surface area contributed by atoms with Gasteiger partial charge in [0.1, 0.15) is 11.9 Å². The lowest BCUT2D eigenvalue weighted by molar-refractivity contribution is 0.0176. The number of benzene rings is 1. The molecule has 0 radical (unpaired) electrons. The van der Waals surface area contributed by atoms with Crippen molar-refractivity contribution in [3.05, 3.63) is 24.3 Å². The van der Waals surface area contributed by atoms with Crippen LogP contribution in [0.4, 0.5) is 10.5 Å². The van der Waals surface area contributed by atoms with Crippen LogP contribution in [0.15, 0.2) is 24.3 Å². The van der Waals surface area contributed by atoms with Crippen molar-refractivity contribution in [1.29, 1.82) is 0 Å². The van der Waals surface area contributed by atoms with Crippen LogP contribution in [-0.2, 0) is 4.74 Å². The molecule has 6 heteroatoms. The SMILES string of the molecule is CCCCCOc1cccc(NC(=O)O[C@@H]2CCCC[C@H]2N2CCCC2)c1.Cl. The van der Waals surface area contributed by atoms with Crippen LogP contribution in [0, 0.1) is 0 Å². The van der Waals surface area contributed by atoms with Gasteiger partial charge in [0.2, 0.25) is 0 Å². The number of halogens is 1. The number of unbranched alkanes of at least 4 members (excludes halogenated alkanes) is 2. The van der Waals surface area contributed by atoms with Crippen molar-refractivity contribution in [2.45, 2.75) is 76.9 Å². The molecular weight excluding hydrogens is 376 g/mol. The molecular formula is C22H35ClN2O3. The van der Waals surface area contributed by atoms with Gasteiger partial charge in [-0.05, 0) is 63.7 Å². The molecule has 1 aromatic rings. The zero-order valence-electron chi connectivity index (χ0n) is 17.0. The van der Waals surface area contributed by atoms with E-state index >= 15 is 0 Å². The topological polar surface area (TPSA) is 50.8 Å². The molecule has 28 heavy (non-hydrogen) atoms. The average molecular weight is 411 g/mol. The lowest BCUT2D eigenvalue weighted by Gasteiger charge is -2.37. The molecule has 2 fully saturated rings. The Bertz CT molecular complexity index is 593. The number of amides is 1. The zero-order valence-corrected chi connectivity index (χ0v) is 17.8. The van der Waals surface area contributed by atoms with Gasteiger partial charge in [0.25, 0.3) is 0 Å². The van der Waals surface area contributed by atoms with Crippen LogP contribution in [0.1, 0.15) is 64.7 Å². The Balaban J connectivity index is 0.00000280. The Morgan fingerprint density at radius 3 is 2.71 bits per heavy atom. The second kappa shape index (κ2) is 12.2. The maximum Gasteiger partial charge on any atom is 0.411 e. The predicted molar refractivity (Wildman–Crippen MR) is 116 cm³/mol. The lowest BCUT2D eigenvalue weighted by Crippen LogP contribution is -2.46. The summed E-state index contributed by atoms with van der Waals surface area (Å²) in [7, 11) is 0. The average Bonchev–Trinajstić information content (AvgIpc) is 3.20. The van der Waals surface area contributed by atoms with E-state index in [9.17, 15) is 4.79 Å². The Morgan fingerprint density at radius 2 is 1.93 bits per heavy atom. The maximum atomic E-state index is 12.5. The molecule has 1 amide bonds. The molecule has 3 rings (SSSR count). The number of hydrogen-bond acceptors (Lipinski definition) is 4. The second-order valence-corrected chi connectivity index (χ2v) is 7.75. The van der Waals surface area contributed by atoms with Gasteiger partial charge in [-0.25, -0.2) is 4.79 Å². The molecule has 0 spiro atoms. The first-order chi connectivity index (χ1) is 13.3. The van der Waals surface area contributed by atoms with Crippen LogP contribution in [-0.4, -0.2) is 42.8 Å². The minimum Gasteiger partial charge on any atom is -0.494 e. The third-order valence-corrected chi connectivity index (χ3v) is 5.63. The monoisotopic (exact) mass is 410 g/mol. The highest BCUT2D eigenvalue weighted by molar-refractivity contribution is 5.85. The van der Waals surface area contributed by atoms with Gasteiger partial charge in [-0.15, -0.1) is 12.4 Å². The van der Waals surface area contributed by atoms with Gasteiger partial charge in [0.05, 0.1) is 6.61 Å². The molecule has 1 heterocycles. The number of nitrogens with zero attached hydrogens (tertiary/aromatic N) is 1. The van der Waals surface area contributed by atoms with E-state index in [2.05, 4.69) is 17.1 Å². The molecule has 0 aromatic heterocycles. The number of nitrogens with one attached hydrogen (secondary N) is 1. The number of hydrogen-bond donors (Lipinski definition) is 1. The van der Waals surface area contributed by atoms with E-state index in [-0.39, 0.29) is 24.6 Å². The number of carbonyl (C=O) groups excluding carboxylic acids is 1. The maximum absolute atomic E-state index is 12.5. The molecule has 1 saturated heterocycles. The van der Waals surface area contributed by atoms with E-state index in [4.69, 9.17) is 9.47 Å². The standard InChI is InChI=1S/C22H34N2O3.ClH/c1-2-3-8-16-26-19-11-9-10-18(17-19)23-22(25)27-21-13-5-4-12-20(21)24-14-6-7-15-24;/h9-11,17,20-21H,2-8,12-16H2,1H3,(H,23,25);1H/t20-,21-;/m1./s1. The first-order valence-electron chi connectivity index (χ1n) is 10.7. The Kier molecular flexibility index (Phi) is 9.93. The first-order valence-corrected chi connectivity index (χ1v) is 10.7. The van der Waals surface area contributed by atoms with E-state index in [1.807, 2.05) is 24.3 Å². The number of anilines is 1. The zero-order chi connectivity index (χ0) is 18.9. The number of carbonyl (C=O) groups is 1. The van der Waals surface area contributed by atoms with Crippen molar-refractivity contribution in [3.8, 4) is 5.75 Å². The molecule has 2 atom stereocenters. The van der Waals surface area contributed by atoms with E-state index in [0.29, 0.717) is 12.6 Å². The highest BCUT2D eigenvalue weighted by Crippen LogP contribution is 2.28. The molecule has 5 nitrogen and oxygen atoms in total. The fraction of sp³-hybridized carbons (Fsp3) is 0.682. The third kappa shape index (κ3) is 6.85. The van der Waals surface area contributed by atoms with Crippen LogP contribution in [0.2, 0.25) is 0 Å². The van der Waals surface area contributed by atoms with E-state index in [1.54, 1.807) is 0 Å². The van der Waals surface area contributed by atoms with Crippen LogP contribution in [0.25, 0.3) is 0 Å². The number of likely N-dealkylation sites (tertiary alicyclic amines) is 1. The molecule has 1 aromatic carbocycles. The van der Waals surface area contributed by atoms with Crippen molar-refractivity contribution in [3.63, 3.8) is 0 Å². The van der Waals surface area contributed by atoms with Gasteiger partial charge in [0.15, 0.2) is 0 Å². The fourth-order valence-electron chi connectivity index (χ4n) is 4.20. The summed E-state index contributed by atoms with van der Waals surface area (Å²) < 4.78 is 11.6. The first kappa shape index (κ1) is 22.8. The number of ether oxygens (including phenoxy) is 2. The highest BCUT2D eigenvalue weighted by atomic mass is 35.5. The molecule has 2 aliphatic rings. The summed E-state index contributed by atoms with van der Waals surface area (Å²) in [6, 6.07) is 7.96. The number of rotatable bonds is 8. The lowest BCUT2D eigenvalue weighted by atomic mass is 9.91. The highest BCUT2D eigenvalue weighted by Gasteiger charge is 2.34. The Morgan fingerprint density at radius 1 is 1.14 bits per heavy atom. The van der Waals surface area contributed by atoms with Gasteiger partial charge < -0.3 is 9.47 Å².